The zero-order valence-electron chi connectivity index (χ0n) is 48.5. The van der Waals surface area contributed by atoms with Gasteiger partial charge in [0.2, 0.25) is 0 Å². The molecule has 0 saturated carbocycles. The molecule has 87 heavy (non-hydrogen) atoms. The van der Waals surface area contributed by atoms with E-state index in [2.05, 4.69) is 26.2 Å². The van der Waals surface area contributed by atoms with Crippen molar-refractivity contribution in [1.82, 2.24) is 28.9 Å². The van der Waals surface area contributed by atoms with E-state index in [9.17, 15) is 19.2 Å². The summed E-state index contributed by atoms with van der Waals surface area (Å²) in [6, 6.07) is 59.4. The van der Waals surface area contributed by atoms with Gasteiger partial charge in [-0.1, -0.05) is 146 Å². The third-order valence-corrected chi connectivity index (χ3v) is 15.6. The van der Waals surface area contributed by atoms with Gasteiger partial charge < -0.3 is 52.7 Å². The Hall–Kier alpha value is -9.68. The molecule has 2 unspecified atom stereocenters. The van der Waals surface area contributed by atoms with E-state index in [4.69, 9.17) is 33.4 Å². The van der Waals surface area contributed by atoms with Crippen LogP contribution in [0.3, 0.4) is 0 Å². The molecule has 2 amide bonds. The van der Waals surface area contributed by atoms with Crippen molar-refractivity contribution in [3.05, 3.63) is 254 Å². The molecule has 2 atom stereocenters. The van der Waals surface area contributed by atoms with Crippen molar-refractivity contribution >= 4 is 33.9 Å². The van der Waals surface area contributed by atoms with Crippen LogP contribution < -0.4 is 35.4 Å². The number of aromatic nitrogens is 4. The number of amides is 2. The molecule has 11 rings (SSSR count). The van der Waals surface area contributed by atoms with Gasteiger partial charge >= 0.3 is 12.2 Å². The average molecular weight is 1240 g/mol. The number of hydrogen-bond donors (Lipinski definition) is 1. The van der Waals surface area contributed by atoms with E-state index in [0.29, 0.717) is 80.2 Å². The Morgan fingerprint density at radius 1 is 0.517 bits per heavy atom. The van der Waals surface area contributed by atoms with Crippen molar-refractivity contribution in [2.75, 3.05) is 45.7 Å². The number of nitrogens with one attached hydrogen (secondary N) is 1. The molecule has 2 aliphatic rings. The van der Waals surface area contributed by atoms with Gasteiger partial charge in [-0.25, -0.2) is 19.6 Å². The van der Waals surface area contributed by atoms with Crippen molar-refractivity contribution in [1.29, 1.82) is 0 Å². The van der Waals surface area contributed by atoms with E-state index in [0.717, 1.165) is 58.2 Å². The van der Waals surface area contributed by atoms with Crippen LogP contribution >= 0.6 is 15.9 Å². The zero-order chi connectivity index (χ0) is 60.3. The summed E-state index contributed by atoms with van der Waals surface area (Å²) < 4.78 is 38.1. The highest BCUT2D eigenvalue weighted by atomic mass is 79.9. The first-order valence-corrected chi connectivity index (χ1v) is 29.7. The fourth-order valence-electron chi connectivity index (χ4n) is 10.5. The number of rotatable bonds is 19. The Bertz CT molecular complexity index is 3860. The molecule has 7 aromatic carbocycles. The number of hydrogen-bond acceptors (Lipinski definition) is 13. The molecule has 17 nitrogen and oxygen atoms in total. The van der Waals surface area contributed by atoms with Crippen molar-refractivity contribution in [3.8, 4) is 45.5 Å². The highest BCUT2D eigenvalue weighted by molar-refractivity contribution is 9.10. The largest absolute Gasteiger partial charge is 0.497 e. The normalized spacial score (nSPS) is 14.6. The second-order valence-corrected chi connectivity index (χ2v) is 21.7. The first kappa shape index (κ1) is 60.4. The molecule has 1 N–H and O–H groups in total. The first-order chi connectivity index (χ1) is 42.6. The molecule has 4 heterocycles. The SMILES string of the molecule is COc1ccc(CNc2nc(-c3ccccc3OCc3ccccc3)cn(C3CCCN(C(=O)OCc4ccccc4)C3)c2=O)c(OC)c1.O=C(OCc1ccccc1)N1CCCC(n2cc(-c3ccccc3OCc3ccccc3)nc(Br)c2=O)C1. The maximum atomic E-state index is 14.1. The van der Waals surface area contributed by atoms with E-state index in [1.807, 2.05) is 182 Å². The maximum absolute atomic E-state index is 14.1. The van der Waals surface area contributed by atoms with Gasteiger partial charge in [0.1, 0.15) is 49.4 Å². The number of carbonyl (C=O) groups excluding carboxylic acids is 2. The molecule has 0 bridgehead atoms. The highest BCUT2D eigenvalue weighted by Crippen LogP contribution is 2.34. The summed E-state index contributed by atoms with van der Waals surface area (Å²) in [6.07, 6.45) is 5.73. The standard InChI is InChI=1S/C39H40N4O6.C30H28BrN3O4/c1-46-32-20-19-30(36(22-32)47-2)23-40-37-38(44)43(31-16-11-21-42(24-31)39(45)49-27-29-14-7-4-8-15-29)25-34(41-37)33-17-9-10-18-35(33)48-26-28-12-5-3-6-13-28;31-28-29(35)34(24-14-9-17-33(18-24)30(36)38-21-23-12-5-2-6-13-23)19-26(32-28)25-15-7-8-16-27(25)37-20-22-10-3-1-4-11-22/h3-10,12-15,17-20,22,25,31H,11,16,21,23-24,26-27H2,1-2H3,(H,40,41);1-8,10-13,15-16,19,24H,9,14,17-18,20-21H2. The number of methoxy groups -OCH3 is 2. The molecule has 0 spiro atoms. The van der Waals surface area contributed by atoms with E-state index in [-0.39, 0.29) is 59.5 Å². The Morgan fingerprint density at radius 2 is 0.954 bits per heavy atom. The molecule has 18 heteroatoms. The number of nitrogens with zero attached hydrogens (tertiary/aromatic N) is 6. The smallest absolute Gasteiger partial charge is 0.410 e. The third kappa shape index (κ3) is 16.0. The molecule has 9 aromatic rings. The van der Waals surface area contributed by atoms with Crippen LogP contribution in [0.5, 0.6) is 23.0 Å². The number of anilines is 1. The number of ether oxygens (including phenoxy) is 6. The summed E-state index contributed by atoms with van der Waals surface area (Å²) in [5.41, 5.74) is 6.95. The summed E-state index contributed by atoms with van der Waals surface area (Å²) in [5.74, 6) is 2.79. The predicted molar refractivity (Wildman–Crippen MR) is 337 cm³/mol. The monoisotopic (exact) mass is 1230 g/mol. The van der Waals surface area contributed by atoms with Gasteiger partial charge in [-0.15, -0.1) is 0 Å². The van der Waals surface area contributed by atoms with Crippen LogP contribution in [-0.4, -0.2) is 81.5 Å². The molecule has 446 valence electrons. The number of halogens is 1. The zero-order valence-corrected chi connectivity index (χ0v) is 50.1. The van der Waals surface area contributed by atoms with Crippen molar-refractivity contribution in [2.45, 2.75) is 70.7 Å². The molecule has 0 aliphatic carbocycles. The van der Waals surface area contributed by atoms with E-state index >= 15 is 0 Å². The van der Waals surface area contributed by atoms with Crippen molar-refractivity contribution in [2.24, 2.45) is 0 Å². The molecule has 2 aliphatic heterocycles. The van der Waals surface area contributed by atoms with Crippen LogP contribution in [0.25, 0.3) is 22.5 Å². The van der Waals surface area contributed by atoms with Crippen LogP contribution in [0.15, 0.2) is 215 Å². The number of piperidine rings is 2. The lowest BCUT2D eigenvalue weighted by molar-refractivity contribution is 0.0793. The lowest BCUT2D eigenvalue weighted by atomic mass is 10.1. The molecule has 2 saturated heterocycles. The Morgan fingerprint density at radius 3 is 1.43 bits per heavy atom. The minimum atomic E-state index is -0.402. The molecular formula is C69H68BrN7O10. The minimum Gasteiger partial charge on any atom is -0.497 e. The van der Waals surface area contributed by atoms with Gasteiger partial charge in [-0.3, -0.25) is 9.59 Å². The minimum absolute atomic E-state index is 0.178. The highest BCUT2D eigenvalue weighted by Gasteiger charge is 2.30. The van der Waals surface area contributed by atoms with E-state index in [1.54, 1.807) is 51.6 Å². The van der Waals surface area contributed by atoms with E-state index < -0.39 is 6.09 Å². The lowest BCUT2D eigenvalue weighted by Gasteiger charge is -2.33. The summed E-state index contributed by atoms with van der Waals surface area (Å²) in [4.78, 5) is 65.9. The third-order valence-electron chi connectivity index (χ3n) is 15.1. The summed E-state index contributed by atoms with van der Waals surface area (Å²) in [7, 11) is 3.19. The predicted octanol–water partition coefficient (Wildman–Crippen LogP) is 13.3. The Kier molecular flexibility index (Phi) is 20.8. The number of para-hydroxylation sites is 2. The molecule has 2 fully saturated rings. The van der Waals surface area contributed by atoms with Crippen LogP contribution in [0.4, 0.5) is 15.4 Å². The van der Waals surface area contributed by atoms with Gasteiger partial charge in [-0.05, 0) is 100 Å². The van der Waals surface area contributed by atoms with E-state index in [1.165, 1.54) is 0 Å². The van der Waals surface area contributed by atoms with Crippen molar-refractivity contribution in [3.63, 3.8) is 0 Å². The second-order valence-electron chi connectivity index (χ2n) is 21.0. The Labute approximate surface area is 513 Å². The van der Waals surface area contributed by atoms with Crippen LogP contribution in [0.2, 0.25) is 0 Å². The average Bonchev–Trinajstić information content (AvgIpc) is 2.89. The fourth-order valence-corrected chi connectivity index (χ4v) is 10.9. The quantitative estimate of drug-likeness (QED) is 0.0809. The fraction of sp³-hybridized carbons (Fsp3) is 0.246. The number of likely N-dealkylation sites (tertiary alicyclic amines) is 2. The van der Waals surface area contributed by atoms with Crippen LogP contribution in [0, 0.1) is 0 Å². The maximum Gasteiger partial charge on any atom is 0.410 e. The van der Waals surface area contributed by atoms with Gasteiger partial charge in [0, 0.05) is 67.9 Å². The molecule has 2 aromatic heterocycles. The van der Waals surface area contributed by atoms with Gasteiger partial charge in [-0.2, -0.15) is 0 Å². The number of benzene rings is 7. The molecule has 0 radical (unpaired) electrons. The summed E-state index contributed by atoms with van der Waals surface area (Å²) in [6.45, 7) is 3.33. The van der Waals surface area contributed by atoms with Gasteiger partial charge in [0.05, 0.1) is 37.7 Å². The summed E-state index contributed by atoms with van der Waals surface area (Å²) in [5, 5.41) is 3.27. The number of carbonyl (C=O) groups is 2. The topological polar surface area (TPSA) is 178 Å². The first-order valence-electron chi connectivity index (χ1n) is 28.9. The Balaban J connectivity index is 0.000000199. The van der Waals surface area contributed by atoms with Crippen LogP contribution in [0.1, 0.15) is 65.6 Å². The van der Waals surface area contributed by atoms with Crippen LogP contribution in [-0.2, 0) is 42.4 Å². The van der Waals surface area contributed by atoms with Gasteiger partial charge in [0.25, 0.3) is 11.1 Å². The lowest BCUT2D eigenvalue weighted by Crippen LogP contribution is -2.43. The van der Waals surface area contributed by atoms with Gasteiger partial charge in [0.15, 0.2) is 10.4 Å². The second kappa shape index (κ2) is 29.9. The van der Waals surface area contributed by atoms with Crippen molar-refractivity contribution < 1.29 is 38.0 Å². The molecular weight excluding hydrogens is 1170 g/mol. The summed E-state index contributed by atoms with van der Waals surface area (Å²) >= 11 is 3.37.